The number of hydrogen-bond donors (Lipinski definition) is 0. The Morgan fingerprint density at radius 1 is 1.50 bits per heavy atom. The molecule has 1 amide bonds. The van der Waals surface area contributed by atoms with Crippen LogP contribution in [0.5, 0.6) is 0 Å². The molecule has 110 valence electrons. The highest BCUT2D eigenvalue weighted by Crippen LogP contribution is 2.34. The zero-order valence-electron chi connectivity index (χ0n) is 12.4. The Bertz CT molecular complexity index is 511. The Balaban J connectivity index is 2.23. The number of carbonyl (C=O) groups is 1. The van der Waals surface area contributed by atoms with Crippen LogP contribution in [0.3, 0.4) is 0 Å². The number of amides is 1. The molecule has 0 bridgehead atoms. The van der Waals surface area contributed by atoms with Crippen LogP contribution in [-0.4, -0.2) is 28.1 Å². The van der Waals surface area contributed by atoms with Crippen molar-refractivity contribution in [1.82, 2.24) is 9.88 Å². The second kappa shape index (κ2) is 5.38. The van der Waals surface area contributed by atoms with Crippen LogP contribution in [0.25, 0.3) is 0 Å². The Hall–Kier alpha value is -1.65. The van der Waals surface area contributed by atoms with Crippen molar-refractivity contribution in [3.63, 3.8) is 0 Å². The first-order valence-corrected chi connectivity index (χ1v) is 6.89. The van der Waals surface area contributed by atoms with Crippen molar-refractivity contribution < 1.29 is 13.9 Å². The zero-order valence-corrected chi connectivity index (χ0v) is 12.4. The number of nitrogens with zero attached hydrogens (tertiary/aromatic N) is 2. The molecule has 0 aromatic carbocycles. The largest absolute Gasteiger partial charge is 0.444 e. The number of carbonyl (C=O) groups excluding carboxylic acids is 1. The van der Waals surface area contributed by atoms with Crippen LogP contribution in [-0.2, 0) is 4.74 Å². The van der Waals surface area contributed by atoms with E-state index in [2.05, 4.69) is 4.98 Å². The van der Waals surface area contributed by atoms with Crippen LogP contribution in [0.4, 0.5) is 9.18 Å². The summed E-state index contributed by atoms with van der Waals surface area (Å²) in [5, 5.41) is 0. The van der Waals surface area contributed by atoms with Gasteiger partial charge in [-0.05, 0) is 52.2 Å². The average Bonchev–Trinajstić information content (AvgIpc) is 2.79. The van der Waals surface area contributed by atoms with Gasteiger partial charge in [0, 0.05) is 12.2 Å². The maximum atomic E-state index is 13.4. The standard InChI is InChI=1S/C15H21FN2O2/c1-10-12(8-11(16)9-17-10)13-6-5-7-18(13)14(19)20-15(2,3)4/h8-9,13H,5-7H2,1-4H3. The lowest BCUT2D eigenvalue weighted by molar-refractivity contribution is 0.0223. The minimum atomic E-state index is -0.528. The fourth-order valence-electron chi connectivity index (χ4n) is 2.49. The first-order valence-electron chi connectivity index (χ1n) is 6.89. The maximum absolute atomic E-state index is 13.4. The minimum Gasteiger partial charge on any atom is -0.444 e. The first-order chi connectivity index (χ1) is 9.28. The lowest BCUT2D eigenvalue weighted by atomic mass is 10.0. The van der Waals surface area contributed by atoms with Gasteiger partial charge in [-0.25, -0.2) is 9.18 Å². The van der Waals surface area contributed by atoms with Gasteiger partial charge in [0.05, 0.1) is 12.2 Å². The summed E-state index contributed by atoms with van der Waals surface area (Å²) in [7, 11) is 0. The van der Waals surface area contributed by atoms with Gasteiger partial charge >= 0.3 is 6.09 Å². The molecule has 1 saturated heterocycles. The van der Waals surface area contributed by atoms with Gasteiger partial charge in [-0.15, -0.1) is 0 Å². The Kier molecular flexibility index (Phi) is 3.97. The summed E-state index contributed by atoms with van der Waals surface area (Å²) in [5.74, 6) is -0.373. The molecule has 1 aromatic heterocycles. The molecular weight excluding hydrogens is 259 g/mol. The number of halogens is 1. The number of aromatic nitrogens is 1. The van der Waals surface area contributed by atoms with Crippen LogP contribution >= 0.6 is 0 Å². The van der Waals surface area contributed by atoms with Crippen molar-refractivity contribution >= 4 is 6.09 Å². The Morgan fingerprint density at radius 3 is 2.85 bits per heavy atom. The summed E-state index contributed by atoms with van der Waals surface area (Å²) in [6, 6.07) is 1.32. The highest BCUT2D eigenvalue weighted by molar-refractivity contribution is 5.69. The summed E-state index contributed by atoms with van der Waals surface area (Å²) in [6.45, 7) is 7.98. The molecule has 1 fully saturated rings. The second-order valence-corrected chi connectivity index (χ2v) is 6.16. The molecule has 4 nitrogen and oxygen atoms in total. The van der Waals surface area contributed by atoms with E-state index in [1.54, 1.807) is 4.90 Å². The van der Waals surface area contributed by atoms with Crippen LogP contribution in [0.2, 0.25) is 0 Å². The molecule has 5 heteroatoms. The molecule has 1 unspecified atom stereocenters. The van der Waals surface area contributed by atoms with E-state index in [4.69, 9.17) is 4.74 Å². The van der Waals surface area contributed by atoms with E-state index in [1.165, 1.54) is 12.3 Å². The molecule has 0 saturated carbocycles. The lowest BCUT2D eigenvalue weighted by Gasteiger charge is -2.29. The number of aryl methyl sites for hydroxylation is 1. The Morgan fingerprint density at radius 2 is 2.20 bits per heavy atom. The first kappa shape index (κ1) is 14.8. The van der Waals surface area contributed by atoms with Gasteiger partial charge in [-0.1, -0.05) is 0 Å². The third-order valence-corrected chi connectivity index (χ3v) is 3.33. The van der Waals surface area contributed by atoms with Crippen molar-refractivity contribution in [2.24, 2.45) is 0 Å². The summed E-state index contributed by atoms with van der Waals surface area (Å²) >= 11 is 0. The van der Waals surface area contributed by atoms with Crippen molar-refractivity contribution in [3.05, 3.63) is 29.3 Å². The van der Waals surface area contributed by atoms with E-state index in [9.17, 15) is 9.18 Å². The maximum Gasteiger partial charge on any atom is 0.410 e. The zero-order chi connectivity index (χ0) is 14.9. The van der Waals surface area contributed by atoms with E-state index in [0.717, 1.165) is 24.1 Å². The predicted octanol–water partition coefficient (Wildman–Crippen LogP) is 3.60. The van der Waals surface area contributed by atoms with Crippen molar-refractivity contribution in [2.75, 3.05) is 6.54 Å². The fraction of sp³-hybridized carbons (Fsp3) is 0.600. The third kappa shape index (κ3) is 3.26. The van der Waals surface area contributed by atoms with Gasteiger partial charge in [0.1, 0.15) is 11.4 Å². The SMILES string of the molecule is Cc1ncc(F)cc1C1CCCN1C(=O)OC(C)(C)C. The summed E-state index contributed by atoms with van der Waals surface area (Å²) in [5.41, 5.74) is 1.000. The summed E-state index contributed by atoms with van der Waals surface area (Å²) in [6.07, 6.45) is 2.56. The van der Waals surface area contributed by atoms with Gasteiger partial charge in [-0.2, -0.15) is 0 Å². The topological polar surface area (TPSA) is 42.4 Å². The number of pyridine rings is 1. The van der Waals surface area contributed by atoms with Crippen LogP contribution < -0.4 is 0 Å². The number of rotatable bonds is 1. The summed E-state index contributed by atoms with van der Waals surface area (Å²) < 4.78 is 18.8. The Labute approximate surface area is 118 Å². The molecule has 1 atom stereocenters. The van der Waals surface area contributed by atoms with E-state index < -0.39 is 5.60 Å². The van der Waals surface area contributed by atoms with Crippen LogP contribution in [0.15, 0.2) is 12.3 Å². The van der Waals surface area contributed by atoms with Gasteiger partial charge in [-0.3, -0.25) is 4.98 Å². The molecule has 0 spiro atoms. The number of hydrogen-bond acceptors (Lipinski definition) is 3. The monoisotopic (exact) mass is 280 g/mol. The van der Waals surface area contributed by atoms with Crippen LogP contribution in [0, 0.1) is 12.7 Å². The number of likely N-dealkylation sites (tertiary alicyclic amines) is 1. The molecule has 20 heavy (non-hydrogen) atoms. The molecule has 2 rings (SSSR count). The summed E-state index contributed by atoms with van der Waals surface area (Å²) in [4.78, 5) is 17.9. The lowest BCUT2D eigenvalue weighted by Crippen LogP contribution is -2.36. The number of ether oxygens (including phenoxy) is 1. The van der Waals surface area contributed by atoms with E-state index in [0.29, 0.717) is 6.54 Å². The highest BCUT2D eigenvalue weighted by atomic mass is 19.1. The molecule has 0 N–H and O–H groups in total. The molecule has 0 radical (unpaired) electrons. The quantitative estimate of drug-likeness (QED) is 0.789. The molecule has 1 aromatic rings. The molecule has 2 heterocycles. The van der Waals surface area contributed by atoms with Gasteiger partial charge in [0.25, 0.3) is 0 Å². The fourth-order valence-corrected chi connectivity index (χ4v) is 2.49. The average molecular weight is 280 g/mol. The van der Waals surface area contributed by atoms with Gasteiger partial charge < -0.3 is 9.64 Å². The second-order valence-electron chi connectivity index (χ2n) is 6.16. The molecular formula is C15H21FN2O2. The van der Waals surface area contributed by atoms with Crippen molar-refractivity contribution in [2.45, 2.75) is 52.2 Å². The van der Waals surface area contributed by atoms with E-state index >= 15 is 0 Å². The van der Waals surface area contributed by atoms with E-state index in [-0.39, 0.29) is 18.0 Å². The highest BCUT2D eigenvalue weighted by Gasteiger charge is 2.34. The molecule has 1 aliphatic rings. The van der Waals surface area contributed by atoms with Gasteiger partial charge in [0.15, 0.2) is 0 Å². The molecule has 0 aliphatic carbocycles. The third-order valence-electron chi connectivity index (χ3n) is 3.33. The normalized spacial score (nSPS) is 19.2. The van der Waals surface area contributed by atoms with Crippen LogP contribution in [0.1, 0.15) is 50.9 Å². The van der Waals surface area contributed by atoms with Gasteiger partial charge in [0.2, 0.25) is 0 Å². The van der Waals surface area contributed by atoms with Crippen molar-refractivity contribution in [3.8, 4) is 0 Å². The minimum absolute atomic E-state index is 0.145. The smallest absolute Gasteiger partial charge is 0.410 e. The van der Waals surface area contributed by atoms with Crippen molar-refractivity contribution in [1.29, 1.82) is 0 Å². The predicted molar refractivity (Wildman–Crippen MR) is 73.8 cm³/mol. The van der Waals surface area contributed by atoms with E-state index in [1.807, 2.05) is 27.7 Å². The molecule has 1 aliphatic heterocycles.